The van der Waals surface area contributed by atoms with E-state index in [1.807, 2.05) is 23.6 Å². The molecular weight excluding hydrogens is 308 g/mol. The fraction of sp³-hybridized carbons (Fsp3) is 0.333. The summed E-state index contributed by atoms with van der Waals surface area (Å²) >= 11 is 1.48. The number of hydrogen-bond donors (Lipinski definition) is 2. The van der Waals surface area contributed by atoms with Crippen molar-refractivity contribution in [3.8, 4) is 0 Å². The van der Waals surface area contributed by atoms with Gasteiger partial charge in [-0.1, -0.05) is 37.3 Å². The largest absolute Gasteiger partial charge is 0.355 e. The summed E-state index contributed by atoms with van der Waals surface area (Å²) in [6, 6.07) is 12.0. The molecule has 4 nitrogen and oxygen atoms in total. The van der Waals surface area contributed by atoms with Gasteiger partial charge in [0.15, 0.2) is 0 Å². The maximum Gasteiger partial charge on any atom is 0.252 e. The van der Waals surface area contributed by atoms with Gasteiger partial charge < -0.3 is 10.6 Å². The first-order chi connectivity index (χ1) is 11.2. The molecule has 0 spiro atoms. The number of hydrogen-bond acceptors (Lipinski definition) is 3. The minimum Gasteiger partial charge on any atom is -0.355 e. The molecule has 122 valence electrons. The lowest BCUT2D eigenvalue weighted by Crippen LogP contribution is -2.32. The Morgan fingerprint density at radius 1 is 1.13 bits per heavy atom. The summed E-state index contributed by atoms with van der Waals surface area (Å²) in [5.74, 6) is 0.153. The van der Waals surface area contributed by atoms with Crippen LogP contribution in [0.2, 0.25) is 0 Å². The Balaban J connectivity index is 1.69. The van der Waals surface area contributed by atoms with Crippen LogP contribution in [0, 0.1) is 0 Å². The fourth-order valence-electron chi connectivity index (χ4n) is 2.33. The lowest BCUT2D eigenvalue weighted by atomic mass is 9.96. The number of nitrogens with one attached hydrogen (secondary N) is 2. The van der Waals surface area contributed by atoms with Crippen LogP contribution in [0.25, 0.3) is 0 Å². The summed E-state index contributed by atoms with van der Waals surface area (Å²) in [5, 5.41) is 9.36. The average Bonchev–Trinajstić information content (AvgIpc) is 3.11. The number of thiophene rings is 1. The van der Waals surface area contributed by atoms with Gasteiger partial charge >= 0.3 is 0 Å². The molecule has 1 heterocycles. The van der Waals surface area contributed by atoms with E-state index in [-0.39, 0.29) is 11.8 Å². The Labute approximate surface area is 140 Å². The molecule has 0 aliphatic carbocycles. The topological polar surface area (TPSA) is 58.2 Å². The molecule has 2 N–H and O–H groups in total. The van der Waals surface area contributed by atoms with Crippen LogP contribution >= 0.6 is 11.3 Å². The number of carbonyl (C=O) groups is 2. The van der Waals surface area contributed by atoms with Crippen molar-refractivity contribution < 1.29 is 9.59 Å². The molecule has 2 amide bonds. The lowest BCUT2D eigenvalue weighted by molar-refractivity contribution is -0.121. The fourth-order valence-corrected chi connectivity index (χ4v) is 2.97. The van der Waals surface area contributed by atoms with Crippen LogP contribution in [0.1, 0.15) is 41.6 Å². The number of rotatable bonds is 8. The minimum absolute atomic E-state index is 0.0370. The Bertz CT molecular complexity index is 611. The minimum atomic E-state index is -0.130. The molecule has 0 radical (unpaired) electrons. The van der Waals surface area contributed by atoms with Crippen LogP contribution in [0.15, 0.2) is 47.2 Å². The first-order valence-electron chi connectivity index (χ1n) is 7.82. The highest BCUT2D eigenvalue weighted by Gasteiger charge is 2.11. The molecule has 0 fully saturated rings. The SMILES string of the molecule is CCC(CNC(=O)CCNC(=O)c1ccsc1)c1ccccc1. The van der Waals surface area contributed by atoms with E-state index in [9.17, 15) is 9.59 Å². The molecule has 0 saturated heterocycles. The van der Waals surface area contributed by atoms with Gasteiger partial charge in [-0.25, -0.2) is 0 Å². The summed E-state index contributed by atoms with van der Waals surface area (Å²) in [6.07, 6.45) is 1.26. The van der Waals surface area contributed by atoms with E-state index in [0.717, 1.165) is 6.42 Å². The molecule has 0 saturated carbocycles. The summed E-state index contributed by atoms with van der Waals surface area (Å²) in [4.78, 5) is 23.7. The molecule has 0 aliphatic heterocycles. The van der Waals surface area contributed by atoms with Gasteiger partial charge in [-0.05, 0) is 23.4 Å². The molecule has 1 atom stereocenters. The highest BCUT2D eigenvalue weighted by molar-refractivity contribution is 7.08. The van der Waals surface area contributed by atoms with Crippen molar-refractivity contribution >= 4 is 23.2 Å². The first-order valence-corrected chi connectivity index (χ1v) is 8.77. The van der Waals surface area contributed by atoms with Crippen molar-refractivity contribution in [3.63, 3.8) is 0 Å². The lowest BCUT2D eigenvalue weighted by Gasteiger charge is -2.16. The third-order valence-corrected chi connectivity index (χ3v) is 4.41. The quantitative estimate of drug-likeness (QED) is 0.781. The van der Waals surface area contributed by atoms with Crippen molar-refractivity contribution in [1.82, 2.24) is 10.6 Å². The molecule has 5 heteroatoms. The molecule has 2 rings (SSSR count). The molecular formula is C18H22N2O2S. The van der Waals surface area contributed by atoms with Crippen molar-refractivity contribution in [3.05, 3.63) is 58.3 Å². The van der Waals surface area contributed by atoms with E-state index in [4.69, 9.17) is 0 Å². The van der Waals surface area contributed by atoms with E-state index in [2.05, 4.69) is 29.7 Å². The van der Waals surface area contributed by atoms with E-state index >= 15 is 0 Å². The highest BCUT2D eigenvalue weighted by atomic mass is 32.1. The first kappa shape index (κ1) is 17.2. The van der Waals surface area contributed by atoms with Gasteiger partial charge in [0, 0.05) is 36.4 Å². The van der Waals surface area contributed by atoms with Gasteiger partial charge in [0.25, 0.3) is 5.91 Å². The van der Waals surface area contributed by atoms with Crippen LogP contribution in [-0.4, -0.2) is 24.9 Å². The predicted molar refractivity (Wildman–Crippen MR) is 93.8 cm³/mol. The van der Waals surface area contributed by atoms with Crippen LogP contribution < -0.4 is 10.6 Å². The van der Waals surface area contributed by atoms with Gasteiger partial charge in [0.1, 0.15) is 0 Å². The van der Waals surface area contributed by atoms with E-state index in [1.165, 1.54) is 16.9 Å². The molecule has 0 aliphatic rings. The second-order valence-corrected chi connectivity index (χ2v) is 6.12. The van der Waals surface area contributed by atoms with E-state index < -0.39 is 0 Å². The molecule has 0 bridgehead atoms. The van der Waals surface area contributed by atoms with Crippen LogP contribution in [-0.2, 0) is 4.79 Å². The Morgan fingerprint density at radius 2 is 1.91 bits per heavy atom. The molecule has 23 heavy (non-hydrogen) atoms. The van der Waals surface area contributed by atoms with Crippen molar-refractivity contribution in [1.29, 1.82) is 0 Å². The number of benzene rings is 1. The summed E-state index contributed by atoms with van der Waals surface area (Å²) < 4.78 is 0. The maximum absolute atomic E-state index is 11.9. The third-order valence-electron chi connectivity index (χ3n) is 3.73. The van der Waals surface area contributed by atoms with Crippen LogP contribution in [0.5, 0.6) is 0 Å². The van der Waals surface area contributed by atoms with Crippen LogP contribution in [0.4, 0.5) is 0 Å². The Kier molecular flexibility index (Phi) is 6.81. The molecule has 1 aromatic heterocycles. The summed E-state index contributed by atoms with van der Waals surface area (Å²) in [7, 11) is 0. The highest BCUT2D eigenvalue weighted by Crippen LogP contribution is 2.17. The summed E-state index contributed by atoms with van der Waals surface area (Å²) in [5.41, 5.74) is 1.88. The van der Waals surface area contributed by atoms with Crippen LogP contribution in [0.3, 0.4) is 0 Å². The molecule has 1 unspecified atom stereocenters. The zero-order valence-electron chi connectivity index (χ0n) is 13.2. The molecule has 1 aromatic carbocycles. The van der Waals surface area contributed by atoms with E-state index in [0.29, 0.717) is 31.0 Å². The second-order valence-electron chi connectivity index (χ2n) is 5.34. The maximum atomic E-state index is 11.9. The van der Waals surface area contributed by atoms with Crippen molar-refractivity contribution in [2.75, 3.05) is 13.1 Å². The normalized spacial score (nSPS) is 11.7. The number of amides is 2. The summed E-state index contributed by atoms with van der Waals surface area (Å²) in [6.45, 7) is 3.09. The molecule has 2 aromatic rings. The van der Waals surface area contributed by atoms with Crippen molar-refractivity contribution in [2.45, 2.75) is 25.7 Å². The van der Waals surface area contributed by atoms with Crippen molar-refractivity contribution in [2.24, 2.45) is 0 Å². The Hall–Kier alpha value is -2.14. The zero-order valence-corrected chi connectivity index (χ0v) is 14.1. The van der Waals surface area contributed by atoms with Gasteiger partial charge in [-0.2, -0.15) is 11.3 Å². The van der Waals surface area contributed by atoms with Gasteiger partial charge in [0.2, 0.25) is 5.91 Å². The van der Waals surface area contributed by atoms with E-state index in [1.54, 1.807) is 11.4 Å². The average molecular weight is 330 g/mol. The number of carbonyl (C=O) groups excluding carboxylic acids is 2. The predicted octanol–water partition coefficient (Wildman–Crippen LogP) is 3.18. The third kappa shape index (κ3) is 5.53. The smallest absolute Gasteiger partial charge is 0.252 e. The Morgan fingerprint density at radius 3 is 2.57 bits per heavy atom. The second kappa shape index (κ2) is 9.10. The zero-order chi connectivity index (χ0) is 16.5. The monoisotopic (exact) mass is 330 g/mol. The van der Waals surface area contributed by atoms with Gasteiger partial charge in [-0.15, -0.1) is 0 Å². The standard InChI is InChI=1S/C18H22N2O2S/c1-2-14(15-6-4-3-5-7-15)12-20-17(21)8-10-19-18(22)16-9-11-23-13-16/h3-7,9,11,13-14H,2,8,10,12H2,1H3,(H,19,22)(H,20,21). The van der Waals surface area contributed by atoms with Gasteiger partial charge in [0.05, 0.1) is 0 Å². The van der Waals surface area contributed by atoms with Gasteiger partial charge in [-0.3, -0.25) is 9.59 Å².